The summed E-state index contributed by atoms with van der Waals surface area (Å²) in [5, 5.41) is 20.8. The number of carbonyl (C=O) groups is 1. The van der Waals surface area contributed by atoms with Gasteiger partial charge in [0, 0.05) is 0 Å². The van der Waals surface area contributed by atoms with Crippen molar-refractivity contribution in [3.8, 4) is 5.75 Å². The van der Waals surface area contributed by atoms with Gasteiger partial charge in [-0.1, -0.05) is 35.4 Å². The molecule has 0 aromatic heterocycles. The molecule has 0 spiro atoms. The van der Waals surface area contributed by atoms with Gasteiger partial charge in [-0.3, -0.25) is 10.0 Å². The predicted molar refractivity (Wildman–Crippen MR) is 87.7 cm³/mol. The van der Waals surface area contributed by atoms with E-state index >= 15 is 0 Å². The molecular weight excluding hydrogens is 294 g/mol. The van der Waals surface area contributed by atoms with Gasteiger partial charge in [0.05, 0.1) is 5.69 Å². The Morgan fingerprint density at radius 1 is 1.04 bits per heavy atom. The normalized spacial score (nSPS) is 13.3. The van der Waals surface area contributed by atoms with Gasteiger partial charge in [0.1, 0.15) is 12.4 Å². The first kappa shape index (κ1) is 17.0. The summed E-state index contributed by atoms with van der Waals surface area (Å²) in [6.07, 6.45) is 0. The highest BCUT2D eigenvalue weighted by atomic mass is 16.5. The fourth-order valence-corrected chi connectivity index (χ4v) is 1.95. The van der Waals surface area contributed by atoms with Crippen LogP contribution in [-0.4, -0.2) is 28.4 Å². The fraction of sp³-hybridized carbons (Fsp3) is 0.278. The summed E-state index contributed by atoms with van der Waals surface area (Å²) in [5.74, 6) is -0.308. The highest BCUT2D eigenvalue weighted by Gasteiger charge is 2.36. The lowest BCUT2D eigenvalue weighted by molar-refractivity contribution is -0.143. The summed E-state index contributed by atoms with van der Waals surface area (Å²) in [7, 11) is 0. The molecule has 0 aliphatic rings. The number of hydrogen-bond acceptors (Lipinski definition) is 4. The van der Waals surface area contributed by atoms with E-state index in [-0.39, 0.29) is 12.3 Å². The Hall–Kier alpha value is -2.37. The number of anilines is 1. The number of carbonyl (C=O) groups excluding carboxylic acids is 1. The molecule has 0 heterocycles. The lowest BCUT2D eigenvalue weighted by Crippen LogP contribution is -2.49. The van der Waals surface area contributed by atoms with Crippen molar-refractivity contribution in [1.82, 2.24) is 0 Å². The number of aryl methyl sites for hydroxylation is 2. The highest BCUT2D eigenvalue weighted by molar-refractivity contribution is 5.97. The van der Waals surface area contributed by atoms with Gasteiger partial charge in [-0.2, -0.15) is 5.06 Å². The van der Waals surface area contributed by atoms with Crippen LogP contribution in [-0.2, 0) is 4.79 Å². The van der Waals surface area contributed by atoms with Gasteiger partial charge in [0.2, 0.25) is 0 Å². The Bertz CT molecular complexity index is 662. The second kappa shape index (κ2) is 6.81. The van der Waals surface area contributed by atoms with Crippen molar-refractivity contribution in [1.29, 1.82) is 0 Å². The van der Waals surface area contributed by atoms with Gasteiger partial charge < -0.3 is 9.84 Å². The molecule has 5 heteroatoms. The van der Waals surface area contributed by atoms with Crippen LogP contribution in [0.5, 0.6) is 5.75 Å². The number of hydrogen-bond donors (Lipinski definition) is 2. The first-order valence-corrected chi connectivity index (χ1v) is 7.31. The number of benzene rings is 2. The highest BCUT2D eigenvalue weighted by Crippen LogP contribution is 2.19. The molecule has 5 nitrogen and oxygen atoms in total. The Labute approximate surface area is 135 Å². The standard InChI is InChI=1S/C18H21NO4/c1-13-4-8-15(9-5-13)19(22)17(20)18(3,21)12-23-16-10-6-14(2)7-11-16/h4-11,21-22H,12H2,1-3H3/t18-/m0/s1. The molecule has 122 valence electrons. The molecule has 2 aromatic rings. The smallest absolute Gasteiger partial charge is 0.285 e. The van der Waals surface area contributed by atoms with Gasteiger partial charge in [0.25, 0.3) is 5.91 Å². The molecule has 2 aromatic carbocycles. The van der Waals surface area contributed by atoms with Crippen LogP contribution in [0.4, 0.5) is 5.69 Å². The summed E-state index contributed by atoms with van der Waals surface area (Å²) >= 11 is 0. The molecule has 23 heavy (non-hydrogen) atoms. The first-order valence-electron chi connectivity index (χ1n) is 7.31. The zero-order valence-electron chi connectivity index (χ0n) is 13.5. The molecule has 0 radical (unpaired) electrons. The van der Waals surface area contributed by atoms with Gasteiger partial charge in [-0.25, -0.2) is 0 Å². The summed E-state index contributed by atoms with van der Waals surface area (Å²) in [4.78, 5) is 12.3. The Balaban J connectivity index is 2.03. The van der Waals surface area contributed by atoms with Crippen LogP contribution in [0.25, 0.3) is 0 Å². The molecular formula is C18H21NO4. The van der Waals surface area contributed by atoms with Crippen molar-refractivity contribution in [3.05, 3.63) is 59.7 Å². The number of aliphatic hydroxyl groups is 1. The molecule has 0 bridgehead atoms. The lowest BCUT2D eigenvalue weighted by atomic mass is 10.1. The third-order valence-corrected chi connectivity index (χ3v) is 3.47. The molecule has 2 rings (SSSR count). The first-order chi connectivity index (χ1) is 10.8. The van der Waals surface area contributed by atoms with Gasteiger partial charge in [-0.05, 0) is 45.0 Å². The van der Waals surface area contributed by atoms with E-state index in [0.717, 1.165) is 11.1 Å². The second-order valence-corrected chi connectivity index (χ2v) is 5.83. The molecule has 1 amide bonds. The summed E-state index contributed by atoms with van der Waals surface area (Å²) in [5.41, 5.74) is 0.520. The number of nitrogens with zero attached hydrogens (tertiary/aromatic N) is 1. The molecule has 0 unspecified atom stereocenters. The SMILES string of the molecule is Cc1ccc(OC[C@](C)(O)C(=O)N(O)c2ccc(C)cc2)cc1. The molecule has 1 atom stereocenters. The van der Waals surface area contributed by atoms with Gasteiger partial charge in [-0.15, -0.1) is 0 Å². The quantitative estimate of drug-likeness (QED) is 0.657. The number of rotatable bonds is 5. The zero-order valence-corrected chi connectivity index (χ0v) is 13.5. The van der Waals surface area contributed by atoms with Gasteiger partial charge >= 0.3 is 0 Å². The molecule has 0 saturated heterocycles. The van der Waals surface area contributed by atoms with E-state index in [9.17, 15) is 15.1 Å². The van der Waals surface area contributed by atoms with Crippen LogP contribution in [0, 0.1) is 13.8 Å². The minimum absolute atomic E-state index is 0.266. The van der Waals surface area contributed by atoms with Crippen molar-refractivity contribution in [3.63, 3.8) is 0 Å². The van der Waals surface area contributed by atoms with Crippen molar-refractivity contribution in [2.75, 3.05) is 11.7 Å². The minimum Gasteiger partial charge on any atom is -0.490 e. The molecule has 0 aliphatic heterocycles. The average molecular weight is 315 g/mol. The van der Waals surface area contributed by atoms with Crippen LogP contribution in [0.15, 0.2) is 48.5 Å². The van der Waals surface area contributed by atoms with E-state index < -0.39 is 11.5 Å². The third kappa shape index (κ3) is 4.31. The van der Waals surface area contributed by atoms with E-state index in [1.807, 2.05) is 26.0 Å². The minimum atomic E-state index is -1.86. The maximum absolute atomic E-state index is 12.3. The maximum Gasteiger partial charge on any atom is 0.285 e. The van der Waals surface area contributed by atoms with E-state index in [2.05, 4.69) is 0 Å². The van der Waals surface area contributed by atoms with E-state index in [1.54, 1.807) is 36.4 Å². The summed E-state index contributed by atoms with van der Waals surface area (Å²) < 4.78 is 5.44. The molecule has 0 fully saturated rings. The maximum atomic E-state index is 12.3. The predicted octanol–water partition coefficient (Wildman–Crippen LogP) is 2.86. The van der Waals surface area contributed by atoms with E-state index in [4.69, 9.17) is 4.74 Å². The fourth-order valence-electron chi connectivity index (χ4n) is 1.95. The van der Waals surface area contributed by atoms with Crippen LogP contribution < -0.4 is 9.80 Å². The van der Waals surface area contributed by atoms with Crippen LogP contribution >= 0.6 is 0 Å². The van der Waals surface area contributed by atoms with Crippen LogP contribution in [0.3, 0.4) is 0 Å². The second-order valence-electron chi connectivity index (χ2n) is 5.83. The average Bonchev–Trinajstić information content (AvgIpc) is 2.53. The zero-order chi connectivity index (χ0) is 17.0. The van der Waals surface area contributed by atoms with Crippen molar-refractivity contribution in [2.45, 2.75) is 26.4 Å². The number of amides is 1. The van der Waals surface area contributed by atoms with Crippen LogP contribution in [0.2, 0.25) is 0 Å². The number of hydroxylamine groups is 1. The number of ether oxygens (including phenoxy) is 1. The Morgan fingerprint density at radius 2 is 1.52 bits per heavy atom. The Morgan fingerprint density at radius 3 is 2.04 bits per heavy atom. The summed E-state index contributed by atoms with van der Waals surface area (Å²) in [6.45, 7) is 4.90. The van der Waals surface area contributed by atoms with E-state index in [1.165, 1.54) is 6.92 Å². The topological polar surface area (TPSA) is 70.0 Å². The van der Waals surface area contributed by atoms with Crippen molar-refractivity contribution < 1.29 is 19.8 Å². The van der Waals surface area contributed by atoms with E-state index in [0.29, 0.717) is 10.8 Å². The Kier molecular flexibility index (Phi) is 5.03. The van der Waals surface area contributed by atoms with Crippen molar-refractivity contribution in [2.24, 2.45) is 0 Å². The van der Waals surface area contributed by atoms with Crippen molar-refractivity contribution >= 4 is 11.6 Å². The van der Waals surface area contributed by atoms with Gasteiger partial charge in [0.15, 0.2) is 5.60 Å². The third-order valence-electron chi connectivity index (χ3n) is 3.47. The molecule has 0 saturated carbocycles. The lowest BCUT2D eigenvalue weighted by Gasteiger charge is -2.26. The van der Waals surface area contributed by atoms with Crippen LogP contribution in [0.1, 0.15) is 18.1 Å². The molecule has 0 aliphatic carbocycles. The monoisotopic (exact) mass is 315 g/mol. The summed E-state index contributed by atoms with van der Waals surface area (Å²) in [6, 6.07) is 14.0. The molecule has 2 N–H and O–H groups in total. The largest absolute Gasteiger partial charge is 0.490 e.